The molecule has 6 nitrogen and oxygen atoms in total. The first-order chi connectivity index (χ1) is 9.20. The number of aromatic nitrogens is 2. The Hall–Kier alpha value is -2.24. The largest absolute Gasteiger partial charge is 0.364 e. The van der Waals surface area contributed by atoms with Gasteiger partial charge in [0.05, 0.1) is 13.1 Å². The summed E-state index contributed by atoms with van der Waals surface area (Å²) in [6.45, 7) is 1.39. The lowest BCUT2D eigenvalue weighted by Crippen LogP contribution is -2.38. The summed E-state index contributed by atoms with van der Waals surface area (Å²) in [6, 6.07) is 5.97. The van der Waals surface area contributed by atoms with Gasteiger partial charge in [-0.25, -0.2) is 0 Å². The zero-order chi connectivity index (χ0) is 13.7. The molecule has 0 aromatic carbocycles. The zero-order valence-corrected chi connectivity index (χ0v) is 11.5. The average Bonchev–Trinajstić information content (AvgIpc) is 3.03. The van der Waals surface area contributed by atoms with E-state index in [2.05, 4.69) is 31.0 Å². The number of guanidine groups is 1. The van der Waals surface area contributed by atoms with Gasteiger partial charge in [-0.15, -0.1) is 0 Å². The van der Waals surface area contributed by atoms with Crippen LogP contribution in [0, 0.1) is 0 Å². The molecule has 0 bridgehead atoms. The smallest absolute Gasteiger partial charge is 0.194 e. The molecule has 0 saturated carbocycles. The summed E-state index contributed by atoms with van der Waals surface area (Å²) < 4.78 is 6.89. The first-order valence-corrected chi connectivity index (χ1v) is 6.12. The third kappa shape index (κ3) is 3.37. The van der Waals surface area contributed by atoms with Crippen LogP contribution in [0.15, 0.2) is 40.2 Å². The van der Waals surface area contributed by atoms with Crippen LogP contribution >= 0.6 is 0 Å². The van der Waals surface area contributed by atoms with Gasteiger partial charge >= 0.3 is 0 Å². The van der Waals surface area contributed by atoms with Crippen molar-refractivity contribution in [2.45, 2.75) is 13.1 Å². The molecule has 0 aliphatic rings. The average molecular weight is 261 g/mol. The summed E-state index contributed by atoms with van der Waals surface area (Å²) >= 11 is 0. The molecule has 0 radical (unpaired) electrons. The van der Waals surface area contributed by atoms with Crippen molar-refractivity contribution < 1.29 is 4.52 Å². The molecule has 0 saturated heterocycles. The van der Waals surface area contributed by atoms with Gasteiger partial charge in [0.1, 0.15) is 12.0 Å². The Labute approximate surface area is 112 Å². The minimum atomic E-state index is 0.598. The van der Waals surface area contributed by atoms with Gasteiger partial charge in [0.15, 0.2) is 5.96 Å². The third-order valence-electron chi connectivity index (χ3n) is 2.94. The van der Waals surface area contributed by atoms with Gasteiger partial charge in [-0.2, -0.15) is 0 Å². The second-order valence-corrected chi connectivity index (χ2v) is 4.36. The van der Waals surface area contributed by atoms with Crippen LogP contribution in [-0.4, -0.2) is 34.7 Å². The lowest BCUT2D eigenvalue weighted by molar-refractivity contribution is 0.408. The summed E-state index contributed by atoms with van der Waals surface area (Å²) in [6.07, 6.45) is 3.60. The van der Waals surface area contributed by atoms with Crippen molar-refractivity contribution in [2.75, 3.05) is 14.1 Å². The van der Waals surface area contributed by atoms with E-state index < -0.39 is 0 Å². The fourth-order valence-electron chi connectivity index (χ4n) is 1.86. The molecule has 102 valence electrons. The van der Waals surface area contributed by atoms with Crippen molar-refractivity contribution in [3.05, 3.63) is 42.0 Å². The number of hydrogen-bond donors (Lipinski definition) is 1. The maximum absolute atomic E-state index is 4.80. The second-order valence-electron chi connectivity index (χ2n) is 4.36. The summed E-state index contributed by atoms with van der Waals surface area (Å²) in [7, 11) is 5.81. The van der Waals surface area contributed by atoms with E-state index in [4.69, 9.17) is 4.52 Å². The van der Waals surface area contributed by atoms with E-state index in [0.717, 1.165) is 18.2 Å². The van der Waals surface area contributed by atoms with Crippen molar-refractivity contribution in [3.63, 3.8) is 0 Å². The molecule has 0 amide bonds. The van der Waals surface area contributed by atoms with Gasteiger partial charge in [-0.1, -0.05) is 5.16 Å². The van der Waals surface area contributed by atoms with E-state index in [1.165, 1.54) is 5.69 Å². The van der Waals surface area contributed by atoms with E-state index in [0.29, 0.717) is 6.54 Å². The first-order valence-electron chi connectivity index (χ1n) is 6.12. The molecule has 6 heteroatoms. The molecule has 2 rings (SSSR count). The fourth-order valence-corrected chi connectivity index (χ4v) is 1.86. The molecule has 0 spiro atoms. The Morgan fingerprint density at radius 3 is 2.95 bits per heavy atom. The Bertz CT molecular complexity index is 529. The van der Waals surface area contributed by atoms with Crippen molar-refractivity contribution in [2.24, 2.45) is 12.0 Å². The summed E-state index contributed by atoms with van der Waals surface area (Å²) in [5, 5.41) is 7.10. The van der Waals surface area contributed by atoms with Crippen LogP contribution in [0.5, 0.6) is 0 Å². The van der Waals surface area contributed by atoms with Crippen molar-refractivity contribution in [1.82, 2.24) is 19.9 Å². The third-order valence-corrected chi connectivity index (χ3v) is 2.94. The standard InChI is InChI=1S/C13H19N5O/c1-14-13(15-9-11-6-8-19-16-11)18(3)10-12-5-4-7-17(12)2/h4-8H,9-10H2,1-3H3,(H,14,15). The summed E-state index contributed by atoms with van der Waals surface area (Å²) in [4.78, 5) is 6.33. The maximum atomic E-state index is 4.80. The van der Waals surface area contributed by atoms with E-state index in [-0.39, 0.29) is 0 Å². The number of rotatable bonds is 4. The van der Waals surface area contributed by atoms with Crippen molar-refractivity contribution in [1.29, 1.82) is 0 Å². The Morgan fingerprint density at radius 1 is 1.53 bits per heavy atom. The van der Waals surface area contributed by atoms with Crippen LogP contribution in [0.3, 0.4) is 0 Å². The highest BCUT2D eigenvalue weighted by Gasteiger charge is 2.08. The van der Waals surface area contributed by atoms with Gasteiger partial charge in [0.25, 0.3) is 0 Å². The van der Waals surface area contributed by atoms with Crippen LogP contribution in [0.25, 0.3) is 0 Å². The molecule has 0 aliphatic heterocycles. The molecular weight excluding hydrogens is 242 g/mol. The number of aliphatic imine (C=N–C) groups is 1. The highest BCUT2D eigenvalue weighted by Crippen LogP contribution is 2.04. The van der Waals surface area contributed by atoms with Crippen LogP contribution in [-0.2, 0) is 20.1 Å². The van der Waals surface area contributed by atoms with E-state index >= 15 is 0 Å². The SMILES string of the molecule is CN=C(NCc1ccon1)N(C)Cc1cccn1C. The minimum absolute atomic E-state index is 0.598. The number of hydrogen-bond acceptors (Lipinski definition) is 3. The highest BCUT2D eigenvalue weighted by molar-refractivity contribution is 5.79. The quantitative estimate of drug-likeness (QED) is 0.664. The predicted molar refractivity (Wildman–Crippen MR) is 73.6 cm³/mol. The van der Waals surface area contributed by atoms with Gasteiger partial charge in [-0.05, 0) is 12.1 Å². The normalized spacial score (nSPS) is 11.6. The topological polar surface area (TPSA) is 58.6 Å². The van der Waals surface area contributed by atoms with Crippen LogP contribution < -0.4 is 5.32 Å². The molecule has 19 heavy (non-hydrogen) atoms. The summed E-state index contributed by atoms with van der Waals surface area (Å²) in [5.41, 5.74) is 2.08. The fraction of sp³-hybridized carbons (Fsp3) is 0.385. The number of aryl methyl sites for hydroxylation is 1. The van der Waals surface area contributed by atoms with Gasteiger partial charge in [0, 0.05) is 39.1 Å². The Morgan fingerprint density at radius 2 is 2.37 bits per heavy atom. The maximum Gasteiger partial charge on any atom is 0.194 e. The van der Waals surface area contributed by atoms with Crippen LogP contribution in [0.2, 0.25) is 0 Å². The lowest BCUT2D eigenvalue weighted by Gasteiger charge is -2.22. The van der Waals surface area contributed by atoms with Crippen molar-refractivity contribution >= 4 is 5.96 Å². The van der Waals surface area contributed by atoms with E-state index in [1.54, 1.807) is 13.3 Å². The summed E-state index contributed by atoms with van der Waals surface area (Å²) in [5.74, 6) is 0.823. The number of nitrogens with zero attached hydrogens (tertiary/aromatic N) is 4. The molecular formula is C13H19N5O. The molecule has 0 fully saturated rings. The zero-order valence-electron chi connectivity index (χ0n) is 11.5. The van der Waals surface area contributed by atoms with Crippen LogP contribution in [0.4, 0.5) is 0 Å². The molecule has 2 aromatic heterocycles. The predicted octanol–water partition coefficient (Wildman–Crippen LogP) is 1.22. The number of nitrogens with one attached hydrogen (secondary N) is 1. The highest BCUT2D eigenvalue weighted by atomic mass is 16.5. The molecule has 0 unspecified atom stereocenters. The monoisotopic (exact) mass is 261 g/mol. The molecule has 2 heterocycles. The van der Waals surface area contributed by atoms with E-state index in [1.807, 2.05) is 32.4 Å². The molecule has 0 atom stereocenters. The van der Waals surface area contributed by atoms with Crippen molar-refractivity contribution in [3.8, 4) is 0 Å². The molecule has 2 aromatic rings. The van der Waals surface area contributed by atoms with Gasteiger partial charge in [-0.3, -0.25) is 4.99 Å². The molecule has 0 aliphatic carbocycles. The molecule has 1 N–H and O–H groups in total. The van der Waals surface area contributed by atoms with Gasteiger partial charge in [0.2, 0.25) is 0 Å². The second kappa shape index (κ2) is 6.08. The van der Waals surface area contributed by atoms with Gasteiger partial charge < -0.3 is 19.3 Å². The first kappa shape index (κ1) is 13.2. The Balaban J connectivity index is 1.92. The lowest BCUT2D eigenvalue weighted by atomic mass is 10.4. The Kier molecular flexibility index (Phi) is 4.22. The van der Waals surface area contributed by atoms with E-state index in [9.17, 15) is 0 Å². The minimum Gasteiger partial charge on any atom is -0.364 e. The van der Waals surface area contributed by atoms with Crippen LogP contribution in [0.1, 0.15) is 11.4 Å².